The Morgan fingerprint density at radius 3 is 2.71 bits per heavy atom. The number of aliphatic hydroxyl groups excluding tert-OH is 1. The van der Waals surface area contributed by atoms with Crippen LogP contribution in [-0.2, 0) is 19.9 Å². The third kappa shape index (κ3) is 3.30. The largest absolute Gasteiger partial charge is 0.496 e. The monoisotopic (exact) mass is 352 g/mol. The molecule has 4 nitrogen and oxygen atoms in total. The van der Waals surface area contributed by atoms with Crippen LogP contribution in [0.2, 0.25) is 0 Å². The van der Waals surface area contributed by atoms with E-state index < -0.39 is 6.10 Å². The van der Waals surface area contributed by atoms with E-state index in [0.717, 1.165) is 39.2 Å². The maximum atomic E-state index is 10.6. The molecule has 1 heterocycles. The minimum Gasteiger partial charge on any atom is -0.496 e. The van der Waals surface area contributed by atoms with E-state index in [-0.39, 0.29) is 0 Å². The molecule has 21 heavy (non-hydrogen) atoms. The molecule has 0 fully saturated rings. The van der Waals surface area contributed by atoms with Crippen molar-refractivity contribution in [1.29, 1.82) is 0 Å². The first kappa shape index (κ1) is 16.0. The molecule has 114 valence electrons. The van der Waals surface area contributed by atoms with Crippen molar-refractivity contribution < 1.29 is 9.84 Å². The summed E-state index contributed by atoms with van der Waals surface area (Å²) in [6.07, 6.45) is 0.721. The molecule has 0 aliphatic heterocycles. The van der Waals surface area contributed by atoms with Gasteiger partial charge < -0.3 is 9.84 Å². The summed E-state index contributed by atoms with van der Waals surface area (Å²) in [5.41, 5.74) is 3.91. The van der Waals surface area contributed by atoms with E-state index >= 15 is 0 Å². The topological polar surface area (TPSA) is 47.3 Å². The Labute approximate surface area is 133 Å². The molecule has 0 radical (unpaired) electrons. The van der Waals surface area contributed by atoms with Crippen LogP contribution in [0.4, 0.5) is 0 Å². The first-order valence-electron chi connectivity index (χ1n) is 7.00. The van der Waals surface area contributed by atoms with Crippen LogP contribution in [0.3, 0.4) is 0 Å². The molecule has 0 amide bonds. The zero-order valence-corrected chi connectivity index (χ0v) is 14.4. The smallest absolute Gasteiger partial charge is 0.124 e. The van der Waals surface area contributed by atoms with Crippen LogP contribution in [0, 0.1) is 6.92 Å². The zero-order valence-electron chi connectivity index (χ0n) is 12.9. The van der Waals surface area contributed by atoms with E-state index in [1.807, 2.05) is 36.9 Å². The molecule has 2 rings (SSSR count). The Morgan fingerprint density at radius 1 is 1.43 bits per heavy atom. The van der Waals surface area contributed by atoms with Crippen molar-refractivity contribution in [2.45, 2.75) is 32.8 Å². The van der Waals surface area contributed by atoms with Gasteiger partial charge >= 0.3 is 0 Å². The van der Waals surface area contributed by atoms with Gasteiger partial charge in [-0.3, -0.25) is 4.68 Å². The van der Waals surface area contributed by atoms with E-state index in [2.05, 4.69) is 28.0 Å². The highest BCUT2D eigenvalue weighted by Crippen LogP contribution is 2.31. The SMILES string of the molecule is CCc1nn(C)c(CC(O)c2ccc(C)cc2OC)c1Br. The third-order valence-corrected chi connectivity index (χ3v) is 4.55. The van der Waals surface area contributed by atoms with Gasteiger partial charge in [0.1, 0.15) is 5.75 Å². The van der Waals surface area contributed by atoms with Gasteiger partial charge in [-0.25, -0.2) is 0 Å². The van der Waals surface area contributed by atoms with Gasteiger partial charge in [0.25, 0.3) is 0 Å². The zero-order chi connectivity index (χ0) is 15.6. The molecular formula is C16H21BrN2O2. The standard InChI is InChI=1S/C16H21BrN2O2/c1-5-12-16(17)13(19(3)18-12)9-14(20)11-7-6-10(2)8-15(11)21-4/h6-8,14,20H,5,9H2,1-4H3. The van der Waals surface area contributed by atoms with E-state index in [9.17, 15) is 5.11 Å². The molecule has 2 aromatic rings. The minimum atomic E-state index is -0.628. The predicted octanol–water partition coefficient (Wildman–Crippen LogP) is 3.34. The summed E-state index contributed by atoms with van der Waals surface area (Å²) in [7, 11) is 3.53. The molecule has 1 aromatic carbocycles. The molecule has 1 atom stereocenters. The fourth-order valence-corrected chi connectivity index (χ4v) is 3.21. The lowest BCUT2D eigenvalue weighted by Crippen LogP contribution is -2.08. The van der Waals surface area contributed by atoms with Gasteiger partial charge in [0.05, 0.1) is 29.1 Å². The van der Waals surface area contributed by atoms with Crippen molar-refractivity contribution >= 4 is 15.9 Å². The Bertz CT molecular complexity index is 637. The van der Waals surface area contributed by atoms with Crippen molar-refractivity contribution in [2.75, 3.05) is 7.11 Å². The molecule has 1 aromatic heterocycles. The highest BCUT2D eigenvalue weighted by Gasteiger charge is 2.19. The molecule has 0 saturated heterocycles. The average Bonchev–Trinajstić information content (AvgIpc) is 2.74. The number of aliphatic hydroxyl groups is 1. The van der Waals surface area contributed by atoms with Gasteiger partial charge in [0.15, 0.2) is 0 Å². The van der Waals surface area contributed by atoms with E-state index in [1.54, 1.807) is 7.11 Å². The van der Waals surface area contributed by atoms with Crippen LogP contribution in [0.25, 0.3) is 0 Å². The average molecular weight is 353 g/mol. The van der Waals surface area contributed by atoms with Gasteiger partial charge in [0, 0.05) is 19.0 Å². The van der Waals surface area contributed by atoms with Crippen molar-refractivity contribution in [2.24, 2.45) is 7.05 Å². The van der Waals surface area contributed by atoms with Crippen molar-refractivity contribution in [3.05, 3.63) is 45.2 Å². The van der Waals surface area contributed by atoms with E-state index in [1.165, 1.54) is 0 Å². The second kappa shape index (κ2) is 6.62. The van der Waals surface area contributed by atoms with Crippen molar-refractivity contribution in [1.82, 2.24) is 9.78 Å². The van der Waals surface area contributed by atoms with Crippen LogP contribution in [-0.4, -0.2) is 22.0 Å². The Kier molecular flexibility index (Phi) is 5.06. The van der Waals surface area contributed by atoms with Gasteiger partial charge in [-0.05, 0) is 40.9 Å². The van der Waals surface area contributed by atoms with Crippen molar-refractivity contribution in [3.63, 3.8) is 0 Å². The fraction of sp³-hybridized carbons (Fsp3) is 0.438. The summed E-state index contributed by atoms with van der Waals surface area (Å²) in [5.74, 6) is 0.719. The molecule has 0 spiro atoms. The van der Waals surface area contributed by atoms with E-state index in [4.69, 9.17) is 4.74 Å². The van der Waals surface area contributed by atoms with E-state index in [0.29, 0.717) is 6.42 Å². The molecule has 5 heteroatoms. The van der Waals surface area contributed by atoms with Crippen LogP contribution in [0.1, 0.15) is 35.5 Å². The number of hydrogen-bond donors (Lipinski definition) is 1. The van der Waals surface area contributed by atoms with Crippen LogP contribution in [0.15, 0.2) is 22.7 Å². The molecular weight excluding hydrogens is 332 g/mol. The number of nitrogens with zero attached hydrogens (tertiary/aromatic N) is 2. The summed E-state index contributed by atoms with van der Waals surface area (Å²) >= 11 is 3.58. The van der Waals surface area contributed by atoms with Gasteiger partial charge in [0.2, 0.25) is 0 Å². The van der Waals surface area contributed by atoms with Crippen LogP contribution >= 0.6 is 15.9 Å². The first-order chi connectivity index (χ1) is 9.97. The number of methoxy groups -OCH3 is 1. The lowest BCUT2D eigenvalue weighted by molar-refractivity contribution is 0.171. The molecule has 1 unspecified atom stereocenters. The maximum absolute atomic E-state index is 10.6. The number of rotatable bonds is 5. The number of aromatic nitrogens is 2. The van der Waals surface area contributed by atoms with Crippen molar-refractivity contribution in [3.8, 4) is 5.75 Å². The molecule has 0 aliphatic rings. The second-order valence-corrected chi connectivity index (χ2v) is 5.94. The predicted molar refractivity (Wildman–Crippen MR) is 86.7 cm³/mol. The van der Waals surface area contributed by atoms with Gasteiger partial charge in [-0.2, -0.15) is 5.10 Å². The second-order valence-electron chi connectivity index (χ2n) is 5.15. The minimum absolute atomic E-state index is 0.490. The lowest BCUT2D eigenvalue weighted by atomic mass is 10.0. The summed E-state index contributed by atoms with van der Waals surface area (Å²) in [4.78, 5) is 0. The Balaban J connectivity index is 2.30. The fourth-order valence-electron chi connectivity index (χ4n) is 2.43. The third-order valence-electron chi connectivity index (χ3n) is 3.64. The summed E-state index contributed by atoms with van der Waals surface area (Å²) in [6.45, 7) is 4.07. The maximum Gasteiger partial charge on any atom is 0.124 e. The van der Waals surface area contributed by atoms with Crippen LogP contribution < -0.4 is 4.74 Å². The van der Waals surface area contributed by atoms with Gasteiger partial charge in [-0.15, -0.1) is 0 Å². The number of hydrogen-bond acceptors (Lipinski definition) is 3. The van der Waals surface area contributed by atoms with Crippen LogP contribution in [0.5, 0.6) is 5.75 Å². The molecule has 0 aliphatic carbocycles. The molecule has 0 saturated carbocycles. The highest BCUT2D eigenvalue weighted by atomic mass is 79.9. The number of benzene rings is 1. The molecule has 0 bridgehead atoms. The number of halogens is 1. The lowest BCUT2D eigenvalue weighted by Gasteiger charge is -2.16. The summed E-state index contributed by atoms with van der Waals surface area (Å²) < 4.78 is 8.19. The normalized spacial score (nSPS) is 12.5. The Morgan fingerprint density at radius 2 is 2.14 bits per heavy atom. The number of aryl methyl sites for hydroxylation is 3. The first-order valence-corrected chi connectivity index (χ1v) is 7.80. The molecule has 1 N–H and O–H groups in total. The highest BCUT2D eigenvalue weighted by molar-refractivity contribution is 9.10. The summed E-state index contributed by atoms with van der Waals surface area (Å²) in [5, 5.41) is 15.0. The number of ether oxygens (including phenoxy) is 1. The summed E-state index contributed by atoms with van der Waals surface area (Å²) in [6, 6.07) is 5.84. The van der Waals surface area contributed by atoms with Gasteiger partial charge in [-0.1, -0.05) is 19.1 Å². The Hall–Kier alpha value is -1.33. The quantitative estimate of drug-likeness (QED) is 0.897.